The average Bonchev–Trinajstić information content (AvgIpc) is 2.28. The molecule has 0 aliphatic carbocycles. The van der Waals surface area contributed by atoms with Gasteiger partial charge in [0.1, 0.15) is 0 Å². The minimum Gasteiger partial charge on any atom is -0.346 e. The smallest absolute Gasteiger partial charge is 0.251 e. The lowest BCUT2D eigenvalue weighted by Gasteiger charge is -2.24. The zero-order valence-electron chi connectivity index (χ0n) is 10.9. The van der Waals surface area contributed by atoms with E-state index in [4.69, 9.17) is 5.73 Å². The molecule has 0 aliphatic heterocycles. The fourth-order valence-electron chi connectivity index (χ4n) is 1.34. The first-order valence-electron chi connectivity index (χ1n) is 5.74. The van der Waals surface area contributed by atoms with Crippen LogP contribution in [0.3, 0.4) is 0 Å². The molecule has 98 valence electrons. The molecule has 1 aromatic rings. The number of rotatable bonds is 4. The first kappa shape index (κ1) is 14.2. The van der Waals surface area contributed by atoms with E-state index in [0.29, 0.717) is 17.8 Å². The number of anilines is 1. The number of amides is 2. The van der Waals surface area contributed by atoms with Gasteiger partial charge in [-0.3, -0.25) is 9.59 Å². The number of hydrogen-bond acceptors (Lipinski definition) is 3. The molecular weight excluding hydrogens is 230 g/mol. The van der Waals surface area contributed by atoms with Crippen molar-refractivity contribution < 1.29 is 9.59 Å². The van der Waals surface area contributed by atoms with Crippen LogP contribution < -0.4 is 16.4 Å². The normalized spacial score (nSPS) is 10.9. The van der Waals surface area contributed by atoms with Crippen LogP contribution in [-0.2, 0) is 4.79 Å². The van der Waals surface area contributed by atoms with Gasteiger partial charge in [-0.1, -0.05) is 0 Å². The van der Waals surface area contributed by atoms with Crippen molar-refractivity contribution in [2.75, 3.05) is 11.9 Å². The molecule has 0 saturated heterocycles. The molecule has 0 atom stereocenters. The molecule has 5 nitrogen and oxygen atoms in total. The molecule has 1 rings (SSSR count). The predicted octanol–water partition coefficient (Wildman–Crippen LogP) is 1.11. The molecule has 0 bridgehead atoms. The van der Waals surface area contributed by atoms with E-state index in [1.54, 1.807) is 24.3 Å². The highest BCUT2D eigenvalue weighted by Gasteiger charge is 2.18. The van der Waals surface area contributed by atoms with Crippen LogP contribution in [0.4, 0.5) is 5.69 Å². The van der Waals surface area contributed by atoms with Crippen molar-refractivity contribution in [3.8, 4) is 0 Å². The third-order valence-corrected chi connectivity index (χ3v) is 2.43. The van der Waals surface area contributed by atoms with Crippen molar-refractivity contribution in [2.24, 2.45) is 5.73 Å². The Bertz CT molecular complexity index is 438. The summed E-state index contributed by atoms with van der Waals surface area (Å²) in [6, 6.07) is 6.69. The SMILES string of the molecule is CC(=O)Nc1ccc(C(=O)NC(C)(C)CN)cc1. The second-order valence-electron chi connectivity index (χ2n) is 4.80. The molecule has 0 spiro atoms. The summed E-state index contributed by atoms with van der Waals surface area (Å²) >= 11 is 0. The van der Waals surface area contributed by atoms with E-state index < -0.39 is 5.54 Å². The zero-order chi connectivity index (χ0) is 13.8. The Hall–Kier alpha value is -1.88. The number of benzene rings is 1. The van der Waals surface area contributed by atoms with Gasteiger partial charge in [-0.25, -0.2) is 0 Å². The second-order valence-corrected chi connectivity index (χ2v) is 4.80. The van der Waals surface area contributed by atoms with Gasteiger partial charge in [-0.15, -0.1) is 0 Å². The van der Waals surface area contributed by atoms with Crippen LogP contribution in [0.2, 0.25) is 0 Å². The maximum absolute atomic E-state index is 11.9. The molecule has 0 aliphatic rings. The number of carbonyl (C=O) groups is 2. The van der Waals surface area contributed by atoms with Gasteiger partial charge in [0.2, 0.25) is 5.91 Å². The quantitative estimate of drug-likeness (QED) is 0.747. The molecule has 0 aromatic heterocycles. The largest absolute Gasteiger partial charge is 0.346 e. The van der Waals surface area contributed by atoms with Gasteiger partial charge in [0, 0.05) is 30.3 Å². The molecule has 2 amide bonds. The van der Waals surface area contributed by atoms with Gasteiger partial charge < -0.3 is 16.4 Å². The topological polar surface area (TPSA) is 84.2 Å². The highest BCUT2D eigenvalue weighted by molar-refractivity contribution is 5.95. The Morgan fingerprint density at radius 2 is 1.78 bits per heavy atom. The Morgan fingerprint density at radius 3 is 2.22 bits per heavy atom. The Kier molecular flexibility index (Phi) is 4.44. The van der Waals surface area contributed by atoms with Crippen molar-refractivity contribution in [1.29, 1.82) is 0 Å². The minimum absolute atomic E-state index is 0.142. The summed E-state index contributed by atoms with van der Waals surface area (Å²) in [5, 5.41) is 5.47. The van der Waals surface area contributed by atoms with Crippen molar-refractivity contribution in [2.45, 2.75) is 26.3 Å². The van der Waals surface area contributed by atoms with Crippen molar-refractivity contribution >= 4 is 17.5 Å². The van der Waals surface area contributed by atoms with Crippen molar-refractivity contribution in [1.82, 2.24) is 5.32 Å². The minimum atomic E-state index is -0.437. The van der Waals surface area contributed by atoms with Crippen LogP contribution >= 0.6 is 0 Å². The number of carbonyl (C=O) groups excluding carboxylic acids is 2. The summed E-state index contributed by atoms with van der Waals surface area (Å²) < 4.78 is 0. The molecule has 18 heavy (non-hydrogen) atoms. The second kappa shape index (κ2) is 5.64. The van der Waals surface area contributed by atoms with Gasteiger partial charge in [-0.2, -0.15) is 0 Å². The average molecular weight is 249 g/mol. The first-order valence-corrected chi connectivity index (χ1v) is 5.74. The van der Waals surface area contributed by atoms with E-state index in [1.807, 2.05) is 13.8 Å². The molecule has 0 saturated carbocycles. The van der Waals surface area contributed by atoms with E-state index >= 15 is 0 Å². The van der Waals surface area contributed by atoms with Crippen LogP contribution in [0.5, 0.6) is 0 Å². The first-order chi connectivity index (χ1) is 8.34. The van der Waals surface area contributed by atoms with E-state index in [9.17, 15) is 9.59 Å². The van der Waals surface area contributed by atoms with Crippen LogP contribution in [-0.4, -0.2) is 23.9 Å². The lowest BCUT2D eigenvalue weighted by atomic mass is 10.1. The molecule has 4 N–H and O–H groups in total. The van der Waals surface area contributed by atoms with Crippen LogP contribution in [0.1, 0.15) is 31.1 Å². The highest BCUT2D eigenvalue weighted by Crippen LogP contribution is 2.10. The maximum atomic E-state index is 11.9. The third kappa shape index (κ3) is 4.18. The maximum Gasteiger partial charge on any atom is 0.251 e. The molecule has 0 heterocycles. The predicted molar refractivity (Wildman–Crippen MR) is 71.3 cm³/mol. The molecular formula is C13H19N3O2. The lowest BCUT2D eigenvalue weighted by molar-refractivity contribution is -0.114. The summed E-state index contributed by atoms with van der Waals surface area (Å²) in [5.41, 5.74) is 6.31. The fourth-order valence-corrected chi connectivity index (χ4v) is 1.34. The molecule has 0 radical (unpaired) electrons. The third-order valence-electron chi connectivity index (χ3n) is 2.43. The van der Waals surface area contributed by atoms with Crippen LogP contribution in [0.15, 0.2) is 24.3 Å². The van der Waals surface area contributed by atoms with Gasteiger partial charge in [0.25, 0.3) is 5.91 Å². The zero-order valence-corrected chi connectivity index (χ0v) is 10.9. The van der Waals surface area contributed by atoms with E-state index in [-0.39, 0.29) is 11.8 Å². The van der Waals surface area contributed by atoms with Crippen LogP contribution in [0, 0.1) is 0 Å². The van der Waals surface area contributed by atoms with E-state index in [0.717, 1.165) is 0 Å². The van der Waals surface area contributed by atoms with Gasteiger partial charge in [-0.05, 0) is 38.1 Å². The highest BCUT2D eigenvalue weighted by atomic mass is 16.2. The Balaban J connectivity index is 2.73. The van der Waals surface area contributed by atoms with Crippen LogP contribution in [0.25, 0.3) is 0 Å². The number of hydrogen-bond donors (Lipinski definition) is 3. The molecule has 1 aromatic carbocycles. The molecule has 0 fully saturated rings. The van der Waals surface area contributed by atoms with E-state index in [2.05, 4.69) is 10.6 Å². The Labute approximate surface area is 107 Å². The summed E-state index contributed by atoms with van der Waals surface area (Å²) in [6.45, 7) is 5.51. The monoisotopic (exact) mass is 249 g/mol. The van der Waals surface area contributed by atoms with Gasteiger partial charge >= 0.3 is 0 Å². The number of nitrogens with one attached hydrogen (secondary N) is 2. The fraction of sp³-hybridized carbons (Fsp3) is 0.385. The summed E-state index contributed by atoms with van der Waals surface area (Å²) in [5.74, 6) is -0.323. The Morgan fingerprint density at radius 1 is 1.22 bits per heavy atom. The van der Waals surface area contributed by atoms with Crippen molar-refractivity contribution in [3.63, 3.8) is 0 Å². The standard InChI is InChI=1S/C13H19N3O2/c1-9(17)15-11-6-4-10(5-7-11)12(18)16-13(2,3)8-14/h4-7H,8,14H2,1-3H3,(H,15,17)(H,16,18). The summed E-state index contributed by atoms with van der Waals surface area (Å²) in [4.78, 5) is 22.8. The van der Waals surface area contributed by atoms with Gasteiger partial charge in [0.15, 0.2) is 0 Å². The lowest BCUT2D eigenvalue weighted by Crippen LogP contribution is -2.48. The number of nitrogens with two attached hydrogens (primary N) is 1. The summed E-state index contributed by atoms with van der Waals surface area (Å²) in [7, 11) is 0. The summed E-state index contributed by atoms with van der Waals surface area (Å²) in [6.07, 6.45) is 0. The van der Waals surface area contributed by atoms with E-state index in [1.165, 1.54) is 6.92 Å². The molecule has 5 heteroatoms. The molecule has 0 unspecified atom stereocenters. The van der Waals surface area contributed by atoms with Crippen molar-refractivity contribution in [3.05, 3.63) is 29.8 Å². The van der Waals surface area contributed by atoms with Gasteiger partial charge in [0.05, 0.1) is 0 Å².